The van der Waals surface area contributed by atoms with Crippen LogP contribution in [0.1, 0.15) is 42.6 Å². The number of alkyl halides is 3. The van der Waals surface area contributed by atoms with Crippen LogP contribution in [0.25, 0.3) is 11.1 Å². The monoisotopic (exact) mass is 516 g/mol. The summed E-state index contributed by atoms with van der Waals surface area (Å²) in [5, 5.41) is 0. The number of halogens is 8. The molecule has 4 rings (SSSR count). The molecule has 3 aromatic rings. The van der Waals surface area contributed by atoms with Crippen LogP contribution in [0.15, 0.2) is 42.5 Å². The predicted octanol–water partition coefficient (Wildman–Crippen LogP) is 8.03. The Morgan fingerprint density at radius 1 is 0.833 bits per heavy atom. The van der Waals surface area contributed by atoms with Crippen molar-refractivity contribution in [1.29, 1.82) is 0 Å². The summed E-state index contributed by atoms with van der Waals surface area (Å²) in [6.07, 6.45) is -4.61. The van der Waals surface area contributed by atoms with Crippen molar-refractivity contribution in [3.05, 3.63) is 88.2 Å². The van der Waals surface area contributed by atoms with Crippen molar-refractivity contribution in [2.24, 2.45) is 5.92 Å². The molecule has 1 saturated heterocycles. The molecule has 1 heterocycles. The first kappa shape index (κ1) is 25.9. The molecule has 0 bridgehead atoms. The zero-order valence-electron chi connectivity index (χ0n) is 18.9. The van der Waals surface area contributed by atoms with Crippen molar-refractivity contribution in [3.8, 4) is 16.9 Å². The summed E-state index contributed by atoms with van der Waals surface area (Å²) in [4.78, 5) is 0. The van der Waals surface area contributed by atoms with Crippen LogP contribution >= 0.6 is 0 Å². The van der Waals surface area contributed by atoms with Gasteiger partial charge in [-0.15, -0.1) is 13.2 Å². The van der Waals surface area contributed by atoms with Crippen molar-refractivity contribution in [3.63, 3.8) is 0 Å². The van der Waals surface area contributed by atoms with Crippen LogP contribution in [0.3, 0.4) is 0 Å². The Morgan fingerprint density at radius 3 is 2.00 bits per heavy atom. The Hall–Kier alpha value is -3.14. The maximum absolute atomic E-state index is 14.8. The van der Waals surface area contributed by atoms with Crippen LogP contribution in [0, 0.1) is 35.0 Å². The molecule has 0 saturated carbocycles. The third-order valence-corrected chi connectivity index (χ3v) is 5.98. The van der Waals surface area contributed by atoms with Gasteiger partial charge in [0.05, 0.1) is 6.10 Å². The maximum atomic E-state index is 14.8. The second kappa shape index (κ2) is 10.1. The third-order valence-electron chi connectivity index (χ3n) is 5.98. The molecule has 10 heteroatoms. The minimum atomic E-state index is -5.33. The fourth-order valence-electron chi connectivity index (χ4n) is 4.17. The summed E-state index contributed by atoms with van der Waals surface area (Å²) in [5.74, 6) is -7.56. The van der Waals surface area contributed by atoms with Gasteiger partial charge in [0, 0.05) is 24.2 Å². The van der Waals surface area contributed by atoms with Gasteiger partial charge in [0.25, 0.3) is 0 Å². The Labute approximate surface area is 201 Å². The van der Waals surface area contributed by atoms with Crippen molar-refractivity contribution in [2.45, 2.75) is 38.7 Å². The Kier molecular flexibility index (Phi) is 7.26. The molecule has 2 nitrogen and oxygen atoms in total. The highest BCUT2D eigenvalue weighted by molar-refractivity contribution is 5.65. The number of hydrogen-bond donors (Lipinski definition) is 0. The highest BCUT2D eigenvalue weighted by Gasteiger charge is 2.34. The van der Waals surface area contributed by atoms with Gasteiger partial charge < -0.3 is 9.47 Å². The Bertz CT molecular complexity index is 1220. The van der Waals surface area contributed by atoms with Gasteiger partial charge in [-0.3, -0.25) is 0 Å². The van der Waals surface area contributed by atoms with Gasteiger partial charge in [0.1, 0.15) is 17.5 Å². The summed E-state index contributed by atoms with van der Waals surface area (Å²) in [6, 6.07) is 7.01. The number of hydrogen-bond acceptors (Lipinski definition) is 2. The number of ether oxygens (including phenoxy) is 2. The second-order valence-corrected chi connectivity index (χ2v) is 8.78. The summed E-state index contributed by atoms with van der Waals surface area (Å²) in [7, 11) is 0. The molecule has 1 fully saturated rings. The molecular formula is C26H20F8O2. The normalized spacial score (nSPS) is 18.4. The highest BCUT2D eigenvalue weighted by atomic mass is 19.4. The lowest BCUT2D eigenvalue weighted by Gasteiger charge is -2.27. The fraction of sp³-hybridized carbons (Fsp3) is 0.308. The van der Waals surface area contributed by atoms with Gasteiger partial charge in [0.2, 0.25) is 5.75 Å². The van der Waals surface area contributed by atoms with Gasteiger partial charge in [-0.1, -0.05) is 19.1 Å². The number of rotatable bonds is 5. The molecule has 3 aromatic carbocycles. The van der Waals surface area contributed by atoms with Gasteiger partial charge in [0.15, 0.2) is 11.6 Å². The minimum Gasteiger partial charge on any atom is -0.399 e. The van der Waals surface area contributed by atoms with Crippen LogP contribution in [-0.2, 0) is 11.2 Å². The van der Waals surface area contributed by atoms with Crippen LogP contribution in [-0.4, -0.2) is 13.0 Å². The van der Waals surface area contributed by atoms with E-state index in [1.807, 2.05) is 0 Å². The second-order valence-electron chi connectivity index (χ2n) is 8.78. The zero-order chi connectivity index (χ0) is 26.2. The summed E-state index contributed by atoms with van der Waals surface area (Å²) in [6.45, 7) is 2.61. The van der Waals surface area contributed by atoms with Gasteiger partial charge >= 0.3 is 6.36 Å². The molecule has 192 valence electrons. The van der Waals surface area contributed by atoms with E-state index in [1.165, 1.54) is 12.1 Å². The van der Waals surface area contributed by atoms with E-state index in [1.54, 1.807) is 6.07 Å². The first-order chi connectivity index (χ1) is 16.9. The van der Waals surface area contributed by atoms with Gasteiger partial charge in [-0.2, -0.15) is 0 Å². The lowest BCUT2D eigenvalue weighted by Crippen LogP contribution is -2.19. The first-order valence-electron chi connectivity index (χ1n) is 11.0. The minimum absolute atomic E-state index is 0.0574. The largest absolute Gasteiger partial charge is 0.573 e. The van der Waals surface area contributed by atoms with Gasteiger partial charge in [-0.05, 0) is 65.8 Å². The van der Waals surface area contributed by atoms with Crippen LogP contribution < -0.4 is 4.74 Å². The molecule has 0 N–H and O–H groups in total. The average molecular weight is 516 g/mol. The van der Waals surface area contributed by atoms with Crippen LogP contribution in [0.2, 0.25) is 0 Å². The van der Waals surface area contributed by atoms with Crippen molar-refractivity contribution in [2.75, 3.05) is 6.61 Å². The molecule has 2 unspecified atom stereocenters. The van der Waals surface area contributed by atoms with Crippen molar-refractivity contribution < 1.29 is 44.6 Å². The summed E-state index contributed by atoms with van der Waals surface area (Å²) >= 11 is 0. The SMILES string of the molecule is CC1CCC(c2ccc(-c3cc(F)c(Cc4cc(F)c(OC(F)(F)F)c(F)c4)c(F)c3)c(F)c2)OC1. The molecule has 0 aromatic heterocycles. The van der Waals surface area contributed by atoms with E-state index in [4.69, 9.17) is 4.74 Å². The molecule has 2 atom stereocenters. The van der Waals surface area contributed by atoms with E-state index < -0.39 is 53.2 Å². The lowest BCUT2D eigenvalue weighted by atomic mass is 9.93. The molecule has 0 amide bonds. The average Bonchev–Trinajstić information content (AvgIpc) is 2.78. The molecular weight excluding hydrogens is 496 g/mol. The molecule has 36 heavy (non-hydrogen) atoms. The van der Waals surface area contributed by atoms with E-state index in [0.717, 1.165) is 25.0 Å². The molecule has 0 spiro atoms. The molecule has 1 aliphatic heterocycles. The lowest BCUT2D eigenvalue weighted by molar-refractivity contribution is -0.276. The van der Waals surface area contributed by atoms with Crippen molar-refractivity contribution >= 4 is 0 Å². The van der Waals surface area contributed by atoms with Gasteiger partial charge in [-0.25, -0.2) is 22.0 Å². The smallest absolute Gasteiger partial charge is 0.399 e. The Morgan fingerprint density at radius 2 is 1.47 bits per heavy atom. The standard InChI is InChI=1S/C26H20F8O2/c1-13-2-5-24(35-12-13)15-3-4-17(19(27)9-15)16-10-20(28)18(21(29)11-16)6-14-7-22(30)25(23(31)8-14)36-26(32,33)34/h3-4,7-11,13,24H,2,5-6,12H2,1H3. The predicted molar refractivity (Wildman–Crippen MR) is 115 cm³/mol. The van der Waals surface area contributed by atoms with E-state index in [0.29, 0.717) is 30.2 Å². The fourth-order valence-corrected chi connectivity index (χ4v) is 4.17. The highest BCUT2D eigenvalue weighted by Crippen LogP contribution is 2.35. The molecule has 1 aliphatic rings. The Balaban J connectivity index is 1.57. The molecule has 0 aliphatic carbocycles. The van der Waals surface area contributed by atoms with Crippen LogP contribution in [0.5, 0.6) is 5.75 Å². The van der Waals surface area contributed by atoms with Crippen LogP contribution in [0.4, 0.5) is 35.1 Å². The third kappa shape index (κ3) is 5.80. The van der Waals surface area contributed by atoms with E-state index in [9.17, 15) is 35.1 Å². The summed E-state index contributed by atoms with van der Waals surface area (Å²) in [5.41, 5.74) is -0.464. The van der Waals surface area contributed by atoms with Crippen molar-refractivity contribution in [1.82, 2.24) is 0 Å². The van der Waals surface area contributed by atoms with E-state index in [2.05, 4.69) is 11.7 Å². The summed E-state index contributed by atoms with van der Waals surface area (Å²) < 4.78 is 118. The van der Waals surface area contributed by atoms with E-state index in [-0.39, 0.29) is 22.8 Å². The maximum Gasteiger partial charge on any atom is 0.573 e. The molecule has 0 radical (unpaired) electrons. The quantitative estimate of drug-likeness (QED) is 0.320. The zero-order valence-corrected chi connectivity index (χ0v) is 18.9. The number of benzene rings is 3. The topological polar surface area (TPSA) is 18.5 Å². The van der Waals surface area contributed by atoms with E-state index >= 15 is 0 Å². The first-order valence-corrected chi connectivity index (χ1v) is 11.0.